The molecular weight excluding hydrogens is 224 g/mol. The summed E-state index contributed by atoms with van der Waals surface area (Å²) in [6.07, 6.45) is 3.32. The molecule has 1 aliphatic carbocycles. The van der Waals surface area contributed by atoms with Crippen molar-refractivity contribution >= 4 is 5.91 Å². The fraction of sp³-hybridized carbons (Fsp3) is 0.533. The summed E-state index contributed by atoms with van der Waals surface area (Å²) in [4.78, 5) is 11.7. The molecule has 3 nitrogen and oxygen atoms in total. The third-order valence-electron chi connectivity index (χ3n) is 3.32. The summed E-state index contributed by atoms with van der Waals surface area (Å²) in [7, 11) is 0. The zero-order valence-corrected chi connectivity index (χ0v) is 11.2. The fourth-order valence-corrected chi connectivity index (χ4v) is 2.07. The Morgan fingerprint density at radius 3 is 2.78 bits per heavy atom. The second-order valence-corrected chi connectivity index (χ2v) is 5.25. The summed E-state index contributed by atoms with van der Waals surface area (Å²) >= 11 is 0. The highest BCUT2D eigenvalue weighted by molar-refractivity contribution is 5.78. The van der Waals surface area contributed by atoms with Crippen LogP contribution in [0.15, 0.2) is 24.3 Å². The van der Waals surface area contributed by atoms with E-state index in [2.05, 4.69) is 36.6 Å². The van der Waals surface area contributed by atoms with Crippen LogP contribution in [-0.2, 0) is 11.2 Å². The van der Waals surface area contributed by atoms with Crippen molar-refractivity contribution in [2.24, 2.45) is 0 Å². The number of carbonyl (C=O) groups excluding carboxylic acids is 1. The van der Waals surface area contributed by atoms with Crippen molar-refractivity contribution in [3.05, 3.63) is 35.4 Å². The molecule has 1 aromatic carbocycles. The lowest BCUT2D eigenvalue weighted by molar-refractivity contribution is -0.120. The Morgan fingerprint density at radius 1 is 1.39 bits per heavy atom. The van der Waals surface area contributed by atoms with E-state index in [-0.39, 0.29) is 11.9 Å². The smallest absolute Gasteiger partial charge is 0.234 e. The van der Waals surface area contributed by atoms with E-state index in [1.165, 1.54) is 24.0 Å². The van der Waals surface area contributed by atoms with E-state index in [1.807, 2.05) is 12.1 Å². The molecule has 3 heteroatoms. The zero-order valence-electron chi connectivity index (χ0n) is 11.2. The van der Waals surface area contributed by atoms with E-state index in [0.717, 1.165) is 6.42 Å². The molecule has 0 heterocycles. The fourth-order valence-electron chi connectivity index (χ4n) is 2.07. The summed E-state index contributed by atoms with van der Waals surface area (Å²) in [5.74, 6) is 0.1000. The Balaban J connectivity index is 1.75. The van der Waals surface area contributed by atoms with Gasteiger partial charge in [0.1, 0.15) is 0 Å². The third kappa shape index (κ3) is 4.15. The Hall–Kier alpha value is -1.35. The minimum Gasteiger partial charge on any atom is -0.352 e. The maximum Gasteiger partial charge on any atom is 0.234 e. The van der Waals surface area contributed by atoms with E-state index in [4.69, 9.17) is 0 Å². The van der Waals surface area contributed by atoms with Crippen molar-refractivity contribution in [2.75, 3.05) is 6.54 Å². The van der Waals surface area contributed by atoms with Crippen LogP contribution in [0, 0.1) is 6.92 Å². The maximum atomic E-state index is 11.7. The molecule has 0 radical (unpaired) electrons. The predicted octanol–water partition coefficient (Wildman–Crippen LogP) is 1.79. The minimum absolute atomic E-state index is 0.1000. The van der Waals surface area contributed by atoms with Gasteiger partial charge in [-0.05, 0) is 44.2 Å². The van der Waals surface area contributed by atoms with Gasteiger partial charge in [0.25, 0.3) is 0 Å². The highest BCUT2D eigenvalue weighted by Crippen LogP contribution is 2.17. The number of aryl methyl sites for hydroxylation is 1. The quantitative estimate of drug-likeness (QED) is 0.803. The Kier molecular flexibility index (Phi) is 4.37. The van der Waals surface area contributed by atoms with Gasteiger partial charge in [-0.2, -0.15) is 0 Å². The van der Waals surface area contributed by atoms with Crippen LogP contribution in [0.1, 0.15) is 30.9 Å². The number of nitrogens with one attached hydrogen (secondary N) is 2. The van der Waals surface area contributed by atoms with Crippen LogP contribution in [-0.4, -0.2) is 24.5 Å². The lowest BCUT2D eigenvalue weighted by Gasteiger charge is -2.15. The summed E-state index contributed by atoms with van der Waals surface area (Å²) in [5, 5.41) is 6.26. The Morgan fingerprint density at radius 2 is 2.11 bits per heavy atom. The van der Waals surface area contributed by atoms with Gasteiger partial charge in [-0.1, -0.05) is 24.3 Å². The van der Waals surface area contributed by atoms with Gasteiger partial charge in [-0.15, -0.1) is 0 Å². The van der Waals surface area contributed by atoms with Crippen molar-refractivity contribution in [1.82, 2.24) is 10.6 Å². The monoisotopic (exact) mass is 246 g/mol. The maximum absolute atomic E-state index is 11.7. The molecule has 1 amide bonds. The first-order valence-corrected chi connectivity index (χ1v) is 6.72. The summed E-state index contributed by atoms with van der Waals surface area (Å²) in [6.45, 7) is 4.61. The second kappa shape index (κ2) is 6.01. The molecule has 1 aromatic rings. The SMILES string of the molecule is Cc1ccccc1CC(C)NC(=O)CNC1CC1. The van der Waals surface area contributed by atoms with E-state index in [1.54, 1.807) is 0 Å². The average Bonchev–Trinajstić information content (AvgIpc) is 3.13. The summed E-state index contributed by atoms with van der Waals surface area (Å²) in [6, 6.07) is 9.09. The Bertz CT molecular complexity index is 413. The van der Waals surface area contributed by atoms with Gasteiger partial charge < -0.3 is 10.6 Å². The van der Waals surface area contributed by atoms with E-state index in [0.29, 0.717) is 12.6 Å². The molecule has 1 fully saturated rings. The van der Waals surface area contributed by atoms with Gasteiger partial charge in [0.15, 0.2) is 0 Å². The van der Waals surface area contributed by atoms with Gasteiger partial charge >= 0.3 is 0 Å². The molecular formula is C15H22N2O. The predicted molar refractivity (Wildman–Crippen MR) is 73.5 cm³/mol. The molecule has 0 saturated heterocycles. The lowest BCUT2D eigenvalue weighted by atomic mass is 10.0. The number of benzene rings is 1. The normalized spacial score (nSPS) is 16.3. The van der Waals surface area contributed by atoms with Gasteiger partial charge in [-0.25, -0.2) is 0 Å². The van der Waals surface area contributed by atoms with Crippen LogP contribution in [0.2, 0.25) is 0 Å². The van der Waals surface area contributed by atoms with Crippen molar-refractivity contribution < 1.29 is 4.79 Å². The van der Waals surface area contributed by atoms with E-state index >= 15 is 0 Å². The van der Waals surface area contributed by atoms with Crippen molar-refractivity contribution in [3.8, 4) is 0 Å². The van der Waals surface area contributed by atoms with Gasteiger partial charge in [-0.3, -0.25) is 4.79 Å². The minimum atomic E-state index is 0.1000. The molecule has 2 N–H and O–H groups in total. The summed E-state index contributed by atoms with van der Waals surface area (Å²) in [5.41, 5.74) is 2.59. The van der Waals surface area contributed by atoms with E-state index < -0.39 is 0 Å². The van der Waals surface area contributed by atoms with Crippen LogP contribution in [0.5, 0.6) is 0 Å². The Labute approximate surface area is 109 Å². The number of amides is 1. The zero-order chi connectivity index (χ0) is 13.0. The number of hydrogen-bond donors (Lipinski definition) is 2. The molecule has 2 rings (SSSR count). The first kappa shape index (κ1) is 13.1. The molecule has 0 bridgehead atoms. The number of hydrogen-bond acceptors (Lipinski definition) is 2. The molecule has 0 spiro atoms. The standard InChI is InChI=1S/C15H22N2O/c1-11-5-3-4-6-13(11)9-12(2)17-15(18)10-16-14-7-8-14/h3-6,12,14,16H,7-10H2,1-2H3,(H,17,18). The average molecular weight is 246 g/mol. The molecule has 18 heavy (non-hydrogen) atoms. The second-order valence-electron chi connectivity index (χ2n) is 5.25. The van der Waals surface area contributed by atoms with Crippen LogP contribution in [0.4, 0.5) is 0 Å². The van der Waals surface area contributed by atoms with E-state index in [9.17, 15) is 4.79 Å². The number of carbonyl (C=O) groups is 1. The first-order chi connectivity index (χ1) is 8.65. The van der Waals surface area contributed by atoms with Gasteiger partial charge in [0, 0.05) is 12.1 Å². The van der Waals surface area contributed by atoms with Crippen LogP contribution in [0.25, 0.3) is 0 Å². The van der Waals surface area contributed by atoms with Crippen LogP contribution >= 0.6 is 0 Å². The third-order valence-corrected chi connectivity index (χ3v) is 3.32. The largest absolute Gasteiger partial charge is 0.352 e. The molecule has 0 aromatic heterocycles. The van der Waals surface area contributed by atoms with Crippen molar-refractivity contribution in [2.45, 2.75) is 45.2 Å². The molecule has 0 aliphatic heterocycles. The molecule has 98 valence electrons. The van der Waals surface area contributed by atoms with Crippen molar-refractivity contribution in [1.29, 1.82) is 0 Å². The first-order valence-electron chi connectivity index (χ1n) is 6.72. The number of rotatable bonds is 6. The van der Waals surface area contributed by atoms with Crippen molar-refractivity contribution in [3.63, 3.8) is 0 Å². The molecule has 1 unspecified atom stereocenters. The highest BCUT2D eigenvalue weighted by atomic mass is 16.1. The topological polar surface area (TPSA) is 41.1 Å². The molecule has 1 aliphatic rings. The highest BCUT2D eigenvalue weighted by Gasteiger charge is 2.21. The molecule has 1 atom stereocenters. The molecule has 1 saturated carbocycles. The van der Waals surface area contributed by atoms with Crippen LogP contribution in [0.3, 0.4) is 0 Å². The van der Waals surface area contributed by atoms with Gasteiger partial charge in [0.05, 0.1) is 6.54 Å². The van der Waals surface area contributed by atoms with Crippen LogP contribution < -0.4 is 10.6 Å². The summed E-state index contributed by atoms with van der Waals surface area (Å²) < 4.78 is 0. The lowest BCUT2D eigenvalue weighted by Crippen LogP contribution is -2.40. The van der Waals surface area contributed by atoms with Gasteiger partial charge in [0.2, 0.25) is 5.91 Å².